The Morgan fingerprint density at radius 3 is 2.54 bits per heavy atom. The zero-order valence-electron chi connectivity index (χ0n) is 17.7. The molecule has 1 fully saturated rings. The highest BCUT2D eigenvalue weighted by Gasteiger charge is 2.20. The lowest BCUT2D eigenvalue weighted by atomic mass is 9.96. The molecule has 1 amide bonds. The van der Waals surface area contributed by atoms with Gasteiger partial charge in [-0.25, -0.2) is 4.99 Å². The highest BCUT2D eigenvalue weighted by Crippen LogP contribution is 2.27. The van der Waals surface area contributed by atoms with Crippen molar-refractivity contribution in [3.05, 3.63) is 29.8 Å². The van der Waals surface area contributed by atoms with Crippen molar-refractivity contribution in [1.82, 2.24) is 15.5 Å². The van der Waals surface area contributed by atoms with Crippen LogP contribution in [0.1, 0.15) is 52.5 Å². The molecule has 0 aliphatic heterocycles. The van der Waals surface area contributed by atoms with E-state index in [9.17, 15) is 4.79 Å². The maximum atomic E-state index is 12.2. The standard InChI is InChI=1S/C21H34N4O2.HI/c1-6-22-20(25(5)15-19(26)24-21(2,3)4)23-14-16-10-7-8-13-18(16)27-17-11-9-12-17;/h7-8,10,13,17H,6,9,11-12,14-15H2,1-5H3,(H,22,23)(H,24,26);1H. The number of hydrogen-bond acceptors (Lipinski definition) is 3. The lowest BCUT2D eigenvalue weighted by molar-refractivity contribution is -0.122. The predicted octanol–water partition coefficient (Wildman–Crippen LogP) is 3.55. The Morgan fingerprint density at radius 2 is 1.96 bits per heavy atom. The van der Waals surface area contributed by atoms with E-state index in [0.29, 0.717) is 18.6 Å². The minimum atomic E-state index is -0.245. The van der Waals surface area contributed by atoms with Crippen LogP contribution in [0.25, 0.3) is 0 Å². The molecule has 0 aromatic heterocycles. The lowest BCUT2D eigenvalue weighted by Gasteiger charge is -2.27. The number of likely N-dealkylation sites (N-methyl/N-ethyl adjacent to an activating group) is 1. The summed E-state index contributed by atoms with van der Waals surface area (Å²) >= 11 is 0. The van der Waals surface area contributed by atoms with E-state index in [1.165, 1.54) is 6.42 Å². The molecule has 1 aliphatic rings. The fourth-order valence-electron chi connectivity index (χ4n) is 2.80. The zero-order chi connectivity index (χ0) is 19.9. The largest absolute Gasteiger partial charge is 0.490 e. The summed E-state index contributed by atoms with van der Waals surface area (Å²) in [5.74, 6) is 1.60. The normalized spacial score (nSPS) is 14.5. The number of para-hydroxylation sites is 1. The van der Waals surface area contributed by atoms with E-state index >= 15 is 0 Å². The van der Waals surface area contributed by atoms with Crippen molar-refractivity contribution >= 4 is 35.8 Å². The number of carbonyl (C=O) groups is 1. The molecule has 0 bridgehead atoms. The number of hydrogen-bond donors (Lipinski definition) is 2. The number of ether oxygens (including phenoxy) is 1. The molecule has 6 nitrogen and oxygen atoms in total. The van der Waals surface area contributed by atoms with Crippen molar-refractivity contribution in [1.29, 1.82) is 0 Å². The Bertz CT molecular complexity index is 654. The van der Waals surface area contributed by atoms with Gasteiger partial charge in [-0.1, -0.05) is 18.2 Å². The van der Waals surface area contributed by atoms with E-state index < -0.39 is 0 Å². The van der Waals surface area contributed by atoms with Crippen LogP contribution in [-0.2, 0) is 11.3 Å². The Labute approximate surface area is 186 Å². The van der Waals surface area contributed by atoms with Gasteiger partial charge in [0.25, 0.3) is 0 Å². The van der Waals surface area contributed by atoms with Gasteiger partial charge < -0.3 is 20.3 Å². The van der Waals surface area contributed by atoms with Crippen LogP contribution >= 0.6 is 24.0 Å². The molecule has 1 aromatic carbocycles. The van der Waals surface area contributed by atoms with Gasteiger partial charge in [0.05, 0.1) is 19.2 Å². The SMILES string of the molecule is CCNC(=NCc1ccccc1OC1CCC1)N(C)CC(=O)NC(C)(C)C.I. The van der Waals surface area contributed by atoms with Gasteiger partial charge >= 0.3 is 0 Å². The maximum absolute atomic E-state index is 12.2. The predicted molar refractivity (Wildman–Crippen MR) is 125 cm³/mol. The summed E-state index contributed by atoms with van der Waals surface area (Å²) in [4.78, 5) is 18.8. The average Bonchev–Trinajstić information content (AvgIpc) is 2.53. The Balaban J connectivity index is 0.00000392. The molecular weight excluding hydrogens is 467 g/mol. The fraction of sp³-hybridized carbons (Fsp3) is 0.619. The van der Waals surface area contributed by atoms with Crippen molar-refractivity contribution in [2.24, 2.45) is 4.99 Å². The first-order valence-corrected chi connectivity index (χ1v) is 9.83. The average molecular weight is 502 g/mol. The molecule has 0 spiro atoms. The van der Waals surface area contributed by atoms with Crippen molar-refractivity contribution in [2.45, 2.75) is 65.1 Å². The van der Waals surface area contributed by atoms with Gasteiger partial charge in [-0.15, -0.1) is 24.0 Å². The molecule has 158 valence electrons. The van der Waals surface area contributed by atoms with Gasteiger partial charge in [-0.05, 0) is 53.0 Å². The third-order valence-electron chi connectivity index (χ3n) is 4.31. The van der Waals surface area contributed by atoms with E-state index in [4.69, 9.17) is 9.73 Å². The molecule has 1 aliphatic carbocycles. The number of rotatable bonds is 7. The maximum Gasteiger partial charge on any atom is 0.240 e. The second-order valence-corrected chi connectivity index (χ2v) is 8.10. The van der Waals surface area contributed by atoms with Crippen LogP contribution in [0.2, 0.25) is 0 Å². The summed E-state index contributed by atoms with van der Waals surface area (Å²) in [5.41, 5.74) is 0.818. The van der Waals surface area contributed by atoms with Crippen molar-refractivity contribution in [3.8, 4) is 5.75 Å². The summed E-state index contributed by atoms with van der Waals surface area (Å²) < 4.78 is 6.09. The van der Waals surface area contributed by atoms with Crippen LogP contribution in [0.4, 0.5) is 0 Å². The van der Waals surface area contributed by atoms with E-state index in [0.717, 1.165) is 30.7 Å². The molecule has 0 heterocycles. The second-order valence-electron chi connectivity index (χ2n) is 8.10. The molecule has 0 saturated heterocycles. The van der Waals surface area contributed by atoms with E-state index in [1.807, 2.05) is 63.9 Å². The molecule has 0 atom stereocenters. The first kappa shape index (κ1) is 24.5. The second kappa shape index (κ2) is 11.5. The minimum Gasteiger partial charge on any atom is -0.490 e. The third kappa shape index (κ3) is 8.24. The van der Waals surface area contributed by atoms with Crippen LogP contribution in [0.5, 0.6) is 5.75 Å². The van der Waals surface area contributed by atoms with Crippen molar-refractivity contribution < 1.29 is 9.53 Å². The van der Waals surface area contributed by atoms with Crippen LogP contribution in [-0.4, -0.2) is 48.5 Å². The molecule has 7 heteroatoms. The Morgan fingerprint density at radius 1 is 1.29 bits per heavy atom. The summed E-state index contributed by atoms with van der Waals surface area (Å²) in [7, 11) is 1.88. The highest BCUT2D eigenvalue weighted by atomic mass is 127. The molecule has 1 saturated carbocycles. The van der Waals surface area contributed by atoms with Gasteiger partial charge in [-0.3, -0.25) is 4.79 Å². The molecule has 1 aromatic rings. The van der Waals surface area contributed by atoms with Crippen molar-refractivity contribution in [2.75, 3.05) is 20.1 Å². The number of guanidine groups is 1. The number of aliphatic imine (C=N–C) groups is 1. The third-order valence-corrected chi connectivity index (χ3v) is 4.31. The van der Waals surface area contributed by atoms with Crippen LogP contribution in [0.15, 0.2) is 29.3 Å². The van der Waals surface area contributed by atoms with Gasteiger partial charge in [0.1, 0.15) is 5.75 Å². The monoisotopic (exact) mass is 502 g/mol. The summed E-state index contributed by atoms with van der Waals surface area (Å²) in [6, 6.07) is 8.06. The van der Waals surface area contributed by atoms with Crippen LogP contribution < -0.4 is 15.4 Å². The number of benzene rings is 1. The minimum absolute atomic E-state index is 0. The first-order chi connectivity index (χ1) is 12.8. The summed E-state index contributed by atoms with van der Waals surface area (Å²) in [6.07, 6.45) is 3.85. The van der Waals surface area contributed by atoms with Crippen LogP contribution in [0.3, 0.4) is 0 Å². The molecular formula is C21H35IN4O2. The van der Waals surface area contributed by atoms with Gasteiger partial charge in [0.2, 0.25) is 5.91 Å². The lowest BCUT2D eigenvalue weighted by Crippen LogP contribution is -2.48. The molecule has 0 radical (unpaired) electrons. The topological polar surface area (TPSA) is 66.0 Å². The molecule has 0 unspecified atom stereocenters. The summed E-state index contributed by atoms with van der Waals surface area (Å²) in [5, 5.41) is 6.24. The smallest absolute Gasteiger partial charge is 0.240 e. The van der Waals surface area contributed by atoms with Gasteiger partial charge in [0.15, 0.2) is 5.96 Å². The van der Waals surface area contributed by atoms with E-state index in [-0.39, 0.29) is 42.0 Å². The zero-order valence-corrected chi connectivity index (χ0v) is 20.1. The van der Waals surface area contributed by atoms with Gasteiger partial charge in [-0.2, -0.15) is 0 Å². The number of carbonyl (C=O) groups excluding carboxylic acids is 1. The molecule has 2 rings (SSSR count). The molecule has 2 N–H and O–H groups in total. The highest BCUT2D eigenvalue weighted by molar-refractivity contribution is 14.0. The Hall–Kier alpha value is -1.51. The van der Waals surface area contributed by atoms with E-state index in [1.54, 1.807) is 0 Å². The number of nitrogens with zero attached hydrogens (tertiary/aromatic N) is 2. The number of halogens is 1. The molecule has 28 heavy (non-hydrogen) atoms. The van der Waals surface area contributed by atoms with E-state index in [2.05, 4.69) is 10.6 Å². The quantitative estimate of drug-likeness (QED) is 0.340. The number of nitrogens with one attached hydrogen (secondary N) is 2. The van der Waals surface area contributed by atoms with Crippen LogP contribution in [0, 0.1) is 0 Å². The summed E-state index contributed by atoms with van der Waals surface area (Å²) in [6.45, 7) is 9.45. The first-order valence-electron chi connectivity index (χ1n) is 9.83. The van der Waals surface area contributed by atoms with Crippen molar-refractivity contribution in [3.63, 3.8) is 0 Å². The Kier molecular flexibility index (Phi) is 10.1. The van der Waals surface area contributed by atoms with Gasteiger partial charge in [0, 0.05) is 24.7 Å². The number of amides is 1. The fourth-order valence-corrected chi connectivity index (χ4v) is 2.80.